The maximum absolute atomic E-state index is 9.81. The van der Waals surface area contributed by atoms with Gasteiger partial charge in [-0.05, 0) is 30.6 Å². The van der Waals surface area contributed by atoms with Crippen LogP contribution in [0.4, 0.5) is 0 Å². The van der Waals surface area contributed by atoms with E-state index in [1.807, 2.05) is 0 Å². The SMILES string of the molecule is CCC1CC(O)CC(CC)(CC)C1. The van der Waals surface area contributed by atoms with Gasteiger partial charge in [-0.1, -0.05) is 40.0 Å². The smallest absolute Gasteiger partial charge is 0.0548 e. The summed E-state index contributed by atoms with van der Waals surface area (Å²) in [5.41, 5.74) is 0.457. The summed E-state index contributed by atoms with van der Waals surface area (Å²) < 4.78 is 0. The first-order valence-electron chi connectivity index (χ1n) is 5.83. The molecule has 1 N–H and O–H groups in total. The molecule has 78 valence electrons. The minimum absolute atomic E-state index is 0.0291. The van der Waals surface area contributed by atoms with Gasteiger partial charge in [0, 0.05) is 0 Å². The molecule has 2 unspecified atom stereocenters. The molecule has 0 saturated heterocycles. The third kappa shape index (κ3) is 2.46. The van der Waals surface area contributed by atoms with Gasteiger partial charge in [0.1, 0.15) is 0 Å². The maximum Gasteiger partial charge on any atom is 0.0548 e. The van der Waals surface area contributed by atoms with Crippen LogP contribution < -0.4 is 0 Å². The van der Waals surface area contributed by atoms with Crippen molar-refractivity contribution < 1.29 is 5.11 Å². The van der Waals surface area contributed by atoms with Gasteiger partial charge in [0.15, 0.2) is 0 Å². The number of aliphatic hydroxyl groups is 1. The fourth-order valence-electron chi connectivity index (χ4n) is 2.89. The monoisotopic (exact) mass is 184 g/mol. The van der Waals surface area contributed by atoms with Gasteiger partial charge in [0.2, 0.25) is 0 Å². The summed E-state index contributed by atoms with van der Waals surface area (Å²) in [6, 6.07) is 0. The Morgan fingerprint density at radius 1 is 1.15 bits per heavy atom. The zero-order valence-electron chi connectivity index (χ0n) is 9.34. The Balaban J connectivity index is 2.64. The van der Waals surface area contributed by atoms with E-state index in [-0.39, 0.29) is 6.10 Å². The molecule has 0 aromatic heterocycles. The Morgan fingerprint density at radius 3 is 2.23 bits per heavy atom. The minimum Gasteiger partial charge on any atom is -0.393 e. The molecule has 0 aromatic rings. The Hall–Kier alpha value is -0.0400. The summed E-state index contributed by atoms with van der Waals surface area (Å²) in [5.74, 6) is 0.767. The van der Waals surface area contributed by atoms with E-state index in [2.05, 4.69) is 20.8 Å². The molecule has 1 aliphatic rings. The van der Waals surface area contributed by atoms with E-state index in [1.165, 1.54) is 25.7 Å². The molecule has 1 aliphatic carbocycles. The fraction of sp³-hybridized carbons (Fsp3) is 1.00. The predicted octanol–water partition coefficient (Wildman–Crippen LogP) is 3.36. The van der Waals surface area contributed by atoms with Crippen LogP contribution in [0.1, 0.15) is 59.3 Å². The molecular weight excluding hydrogens is 160 g/mol. The van der Waals surface area contributed by atoms with Gasteiger partial charge < -0.3 is 5.11 Å². The second kappa shape index (κ2) is 4.45. The Kier molecular flexibility index (Phi) is 3.78. The van der Waals surface area contributed by atoms with Gasteiger partial charge in [0.05, 0.1) is 6.10 Å². The topological polar surface area (TPSA) is 20.2 Å². The van der Waals surface area contributed by atoms with E-state index in [9.17, 15) is 5.11 Å². The molecule has 0 amide bonds. The molecule has 0 aromatic carbocycles. The first kappa shape index (κ1) is 11.0. The summed E-state index contributed by atoms with van der Waals surface area (Å²) in [6.45, 7) is 6.79. The molecule has 1 rings (SSSR count). The molecule has 13 heavy (non-hydrogen) atoms. The van der Waals surface area contributed by atoms with Gasteiger partial charge in [-0.15, -0.1) is 0 Å². The molecule has 0 heterocycles. The molecule has 1 heteroatoms. The molecule has 1 nitrogen and oxygen atoms in total. The lowest BCUT2D eigenvalue weighted by molar-refractivity contribution is 0.00966. The van der Waals surface area contributed by atoms with Crippen molar-refractivity contribution in [3.05, 3.63) is 0 Å². The van der Waals surface area contributed by atoms with Gasteiger partial charge in [0.25, 0.3) is 0 Å². The van der Waals surface area contributed by atoms with Gasteiger partial charge in [-0.25, -0.2) is 0 Å². The maximum atomic E-state index is 9.81. The Morgan fingerprint density at radius 2 is 1.77 bits per heavy atom. The van der Waals surface area contributed by atoms with Crippen LogP contribution in [-0.2, 0) is 0 Å². The number of hydrogen-bond acceptors (Lipinski definition) is 1. The summed E-state index contributed by atoms with van der Waals surface area (Å²) >= 11 is 0. The van der Waals surface area contributed by atoms with Crippen LogP contribution in [0.3, 0.4) is 0 Å². The van der Waals surface area contributed by atoms with E-state index in [4.69, 9.17) is 0 Å². The highest BCUT2D eigenvalue weighted by atomic mass is 16.3. The minimum atomic E-state index is -0.0291. The van der Waals surface area contributed by atoms with Crippen molar-refractivity contribution in [3.63, 3.8) is 0 Å². The Labute approximate surface area is 82.5 Å². The van der Waals surface area contributed by atoms with Crippen molar-refractivity contribution in [3.8, 4) is 0 Å². The van der Waals surface area contributed by atoms with Crippen molar-refractivity contribution in [1.82, 2.24) is 0 Å². The summed E-state index contributed by atoms with van der Waals surface area (Å²) in [5, 5.41) is 9.81. The lowest BCUT2D eigenvalue weighted by Crippen LogP contribution is -2.35. The van der Waals surface area contributed by atoms with Crippen LogP contribution in [0.25, 0.3) is 0 Å². The van der Waals surface area contributed by atoms with Crippen molar-refractivity contribution in [1.29, 1.82) is 0 Å². The summed E-state index contributed by atoms with van der Waals surface area (Å²) in [6.07, 6.45) is 7.09. The quantitative estimate of drug-likeness (QED) is 0.713. The van der Waals surface area contributed by atoms with E-state index < -0.39 is 0 Å². The fourth-order valence-corrected chi connectivity index (χ4v) is 2.89. The van der Waals surface area contributed by atoms with Crippen LogP contribution in [0.5, 0.6) is 0 Å². The van der Waals surface area contributed by atoms with Crippen molar-refractivity contribution in [2.45, 2.75) is 65.4 Å². The number of rotatable bonds is 3. The highest BCUT2D eigenvalue weighted by Gasteiger charge is 2.36. The van der Waals surface area contributed by atoms with Crippen molar-refractivity contribution in [2.75, 3.05) is 0 Å². The molecule has 0 aliphatic heterocycles. The first-order valence-corrected chi connectivity index (χ1v) is 5.83. The number of aliphatic hydroxyl groups excluding tert-OH is 1. The van der Waals surface area contributed by atoms with Crippen LogP contribution >= 0.6 is 0 Å². The van der Waals surface area contributed by atoms with Crippen LogP contribution in [0.15, 0.2) is 0 Å². The molecule has 0 spiro atoms. The molecular formula is C12H24O. The Bertz CT molecular complexity index is 149. The van der Waals surface area contributed by atoms with Crippen LogP contribution in [0, 0.1) is 11.3 Å². The van der Waals surface area contributed by atoms with Gasteiger partial charge in [-0.3, -0.25) is 0 Å². The average molecular weight is 184 g/mol. The molecule has 0 radical (unpaired) electrons. The standard InChI is InChI=1S/C12H24O/c1-4-10-7-11(13)9-12(5-2,6-3)8-10/h10-11,13H,4-9H2,1-3H3. The normalized spacial score (nSPS) is 33.2. The summed E-state index contributed by atoms with van der Waals surface area (Å²) in [4.78, 5) is 0. The lowest BCUT2D eigenvalue weighted by atomic mass is 9.65. The second-order valence-electron chi connectivity index (χ2n) is 4.78. The summed E-state index contributed by atoms with van der Waals surface area (Å²) in [7, 11) is 0. The zero-order chi connectivity index (χ0) is 9.90. The molecule has 1 saturated carbocycles. The third-order valence-corrected chi connectivity index (χ3v) is 4.07. The predicted molar refractivity (Wildman–Crippen MR) is 56.7 cm³/mol. The van der Waals surface area contributed by atoms with Crippen molar-refractivity contribution >= 4 is 0 Å². The average Bonchev–Trinajstić information content (AvgIpc) is 2.16. The highest BCUT2D eigenvalue weighted by Crippen LogP contribution is 2.45. The van der Waals surface area contributed by atoms with Gasteiger partial charge >= 0.3 is 0 Å². The first-order chi connectivity index (χ1) is 6.15. The third-order valence-electron chi connectivity index (χ3n) is 4.07. The van der Waals surface area contributed by atoms with Crippen LogP contribution in [-0.4, -0.2) is 11.2 Å². The lowest BCUT2D eigenvalue weighted by Gasteiger charge is -2.42. The van der Waals surface area contributed by atoms with E-state index >= 15 is 0 Å². The van der Waals surface area contributed by atoms with Crippen LogP contribution in [0.2, 0.25) is 0 Å². The largest absolute Gasteiger partial charge is 0.393 e. The van der Waals surface area contributed by atoms with E-state index in [0.717, 1.165) is 18.8 Å². The van der Waals surface area contributed by atoms with E-state index in [0.29, 0.717) is 5.41 Å². The van der Waals surface area contributed by atoms with Crippen molar-refractivity contribution in [2.24, 2.45) is 11.3 Å². The van der Waals surface area contributed by atoms with E-state index in [1.54, 1.807) is 0 Å². The molecule has 0 bridgehead atoms. The molecule has 1 fully saturated rings. The molecule has 2 atom stereocenters. The van der Waals surface area contributed by atoms with Gasteiger partial charge in [-0.2, -0.15) is 0 Å². The highest BCUT2D eigenvalue weighted by molar-refractivity contribution is 4.88. The number of hydrogen-bond donors (Lipinski definition) is 1. The second-order valence-corrected chi connectivity index (χ2v) is 4.78. The zero-order valence-corrected chi connectivity index (χ0v) is 9.34.